The third-order valence-corrected chi connectivity index (χ3v) is 9.99. The molecule has 1 saturated heterocycles. The van der Waals surface area contributed by atoms with E-state index in [0.717, 1.165) is 43.4 Å². The molecule has 150 valence electrons. The number of carbonyl (C=O) groups excluding carboxylic acids is 1. The average Bonchev–Trinajstić information content (AvgIpc) is 3.15. The van der Waals surface area contributed by atoms with Crippen molar-refractivity contribution >= 4 is 5.97 Å². The van der Waals surface area contributed by atoms with Gasteiger partial charge in [0.15, 0.2) is 0 Å². The Bertz CT molecular complexity index is 683. The molecule has 0 amide bonds. The predicted octanol–water partition coefficient (Wildman–Crippen LogP) is 5.02. The first-order chi connectivity index (χ1) is 12.8. The molecular formula is C24H36O3. The van der Waals surface area contributed by atoms with Crippen molar-refractivity contribution in [2.24, 2.45) is 34.5 Å². The smallest absolute Gasteiger partial charge is 0.306 e. The fourth-order valence-corrected chi connectivity index (χ4v) is 8.60. The number of ether oxygens (including phenoxy) is 1. The van der Waals surface area contributed by atoms with Gasteiger partial charge >= 0.3 is 5.97 Å². The Kier molecular flexibility index (Phi) is 3.94. The number of hydrogen-bond acceptors (Lipinski definition) is 3. The first-order valence-electron chi connectivity index (χ1n) is 11.4. The van der Waals surface area contributed by atoms with Gasteiger partial charge in [0, 0.05) is 12.3 Å². The summed E-state index contributed by atoms with van der Waals surface area (Å²) in [5.74, 6) is 2.85. The molecule has 1 heterocycles. The second-order valence-electron chi connectivity index (χ2n) is 11.1. The summed E-state index contributed by atoms with van der Waals surface area (Å²) in [7, 11) is 0. The van der Waals surface area contributed by atoms with E-state index in [4.69, 9.17) is 4.74 Å². The van der Waals surface area contributed by atoms with E-state index in [2.05, 4.69) is 26.8 Å². The average molecular weight is 373 g/mol. The van der Waals surface area contributed by atoms with Crippen molar-refractivity contribution in [3.8, 4) is 0 Å². The third kappa shape index (κ3) is 2.46. The van der Waals surface area contributed by atoms with E-state index in [1.807, 2.05) is 0 Å². The third-order valence-electron chi connectivity index (χ3n) is 9.99. The molecule has 1 N–H and O–H groups in total. The number of fused-ring (bicyclic) bond motifs is 5. The van der Waals surface area contributed by atoms with E-state index >= 15 is 0 Å². The lowest BCUT2D eigenvalue weighted by atomic mass is 9.46. The van der Waals surface area contributed by atoms with Crippen LogP contribution in [0.15, 0.2) is 11.6 Å². The van der Waals surface area contributed by atoms with Crippen molar-refractivity contribution < 1.29 is 14.6 Å². The number of cyclic esters (lactones) is 1. The van der Waals surface area contributed by atoms with Gasteiger partial charge in [-0.05, 0) is 93.3 Å². The van der Waals surface area contributed by atoms with Crippen LogP contribution < -0.4 is 0 Å². The van der Waals surface area contributed by atoms with Gasteiger partial charge in [-0.15, -0.1) is 0 Å². The molecule has 0 radical (unpaired) electrons. The van der Waals surface area contributed by atoms with Crippen molar-refractivity contribution in [2.75, 3.05) is 0 Å². The van der Waals surface area contributed by atoms with E-state index in [1.54, 1.807) is 5.57 Å². The van der Waals surface area contributed by atoms with Gasteiger partial charge < -0.3 is 9.84 Å². The molecule has 0 bridgehead atoms. The second-order valence-corrected chi connectivity index (χ2v) is 11.1. The fourth-order valence-electron chi connectivity index (χ4n) is 8.60. The fraction of sp³-hybridized carbons (Fsp3) is 0.875. The Morgan fingerprint density at radius 3 is 2.59 bits per heavy atom. The number of rotatable bonds is 1. The highest BCUT2D eigenvalue weighted by molar-refractivity contribution is 5.72. The quantitative estimate of drug-likeness (QED) is 0.519. The summed E-state index contributed by atoms with van der Waals surface area (Å²) >= 11 is 0. The van der Waals surface area contributed by atoms with E-state index in [1.165, 1.54) is 32.1 Å². The van der Waals surface area contributed by atoms with Crippen LogP contribution in [0.5, 0.6) is 0 Å². The van der Waals surface area contributed by atoms with E-state index < -0.39 is 0 Å². The summed E-state index contributed by atoms with van der Waals surface area (Å²) in [5.41, 5.74) is 1.95. The van der Waals surface area contributed by atoms with Gasteiger partial charge in [0.05, 0.1) is 6.10 Å². The SMILES string of the molecule is C[C@]12CC[C@H](O)CC1=CC[C@@H]1[C@@H]2CC[C@]2(C)C([C@]3(C)CCC(=O)O3)CC[C@@H]12. The van der Waals surface area contributed by atoms with Crippen LogP contribution in [0, 0.1) is 34.5 Å². The van der Waals surface area contributed by atoms with E-state index in [0.29, 0.717) is 23.2 Å². The summed E-state index contributed by atoms with van der Waals surface area (Å²) in [5, 5.41) is 10.2. The zero-order valence-electron chi connectivity index (χ0n) is 17.3. The monoisotopic (exact) mass is 372 g/mol. The number of hydrogen-bond donors (Lipinski definition) is 1. The molecule has 27 heavy (non-hydrogen) atoms. The predicted molar refractivity (Wildman–Crippen MR) is 105 cm³/mol. The zero-order valence-corrected chi connectivity index (χ0v) is 17.3. The van der Waals surface area contributed by atoms with E-state index in [-0.39, 0.29) is 17.7 Å². The van der Waals surface area contributed by atoms with E-state index in [9.17, 15) is 9.90 Å². The van der Waals surface area contributed by atoms with Crippen molar-refractivity contribution in [1.29, 1.82) is 0 Å². The highest BCUT2D eigenvalue weighted by Crippen LogP contribution is 2.68. The Hall–Kier alpha value is -0.830. The molecule has 1 aliphatic heterocycles. The number of allylic oxidation sites excluding steroid dienone is 1. The maximum atomic E-state index is 11.9. The van der Waals surface area contributed by atoms with Crippen LogP contribution in [0.2, 0.25) is 0 Å². The number of aliphatic hydroxyl groups is 1. The Morgan fingerprint density at radius 1 is 1.04 bits per heavy atom. The highest BCUT2D eigenvalue weighted by Gasteiger charge is 2.62. The molecule has 4 aliphatic carbocycles. The molecule has 4 fully saturated rings. The lowest BCUT2D eigenvalue weighted by Gasteiger charge is -2.58. The first-order valence-corrected chi connectivity index (χ1v) is 11.4. The normalized spacial score (nSPS) is 54.6. The summed E-state index contributed by atoms with van der Waals surface area (Å²) in [6.07, 6.45) is 13.2. The maximum absolute atomic E-state index is 11.9. The van der Waals surface area contributed by atoms with Gasteiger partial charge in [0.25, 0.3) is 0 Å². The summed E-state index contributed by atoms with van der Waals surface area (Å²) in [6, 6.07) is 0. The number of aliphatic hydroxyl groups excluding tert-OH is 1. The number of esters is 1. The van der Waals surface area contributed by atoms with Crippen molar-refractivity contribution in [2.45, 2.75) is 96.7 Å². The van der Waals surface area contributed by atoms with Gasteiger partial charge in [-0.1, -0.05) is 25.5 Å². The van der Waals surface area contributed by atoms with Crippen LogP contribution in [0.3, 0.4) is 0 Å². The van der Waals surface area contributed by atoms with Crippen LogP contribution in [-0.2, 0) is 9.53 Å². The molecule has 3 nitrogen and oxygen atoms in total. The Balaban J connectivity index is 1.44. The lowest BCUT2D eigenvalue weighted by Crippen LogP contribution is -2.53. The minimum Gasteiger partial charge on any atom is -0.459 e. The minimum atomic E-state index is -0.234. The van der Waals surface area contributed by atoms with Crippen molar-refractivity contribution in [3.05, 3.63) is 11.6 Å². The van der Waals surface area contributed by atoms with Crippen LogP contribution in [0.25, 0.3) is 0 Å². The van der Waals surface area contributed by atoms with Crippen molar-refractivity contribution in [1.82, 2.24) is 0 Å². The zero-order chi connectivity index (χ0) is 19.0. The summed E-state index contributed by atoms with van der Waals surface area (Å²) in [6.45, 7) is 7.23. The first kappa shape index (κ1) is 18.2. The molecule has 5 rings (SSSR count). The van der Waals surface area contributed by atoms with Gasteiger partial charge in [-0.3, -0.25) is 4.79 Å². The largest absolute Gasteiger partial charge is 0.459 e. The molecule has 0 spiro atoms. The second kappa shape index (κ2) is 5.84. The molecule has 0 aromatic heterocycles. The molecule has 0 aromatic carbocycles. The molecule has 3 heteroatoms. The summed E-state index contributed by atoms with van der Waals surface area (Å²) in [4.78, 5) is 11.9. The standard InChI is InChI=1S/C24H36O3/c1-22-11-8-16(25)14-15(22)4-5-17-18-6-7-20(23(18,2)12-9-19(17)22)24(3)13-10-21(26)27-24/h4,16-20,25H,5-14H2,1-3H3/t16-,17-,18-,19-,20?,22-,23-,24-/m0/s1. The molecular weight excluding hydrogens is 336 g/mol. The maximum Gasteiger partial charge on any atom is 0.306 e. The van der Waals surface area contributed by atoms with Gasteiger partial charge in [0.1, 0.15) is 5.60 Å². The molecule has 5 aliphatic rings. The molecule has 0 aromatic rings. The highest BCUT2D eigenvalue weighted by atomic mass is 16.6. The molecule has 1 unspecified atom stereocenters. The van der Waals surface area contributed by atoms with Gasteiger partial charge in [-0.25, -0.2) is 0 Å². The Morgan fingerprint density at radius 2 is 1.85 bits per heavy atom. The van der Waals surface area contributed by atoms with Crippen LogP contribution >= 0.6 is 0 Å². The Labute approximate surface area is 163 Å². The molecule has 3 saturated carbocycles. The van der Waals surface area contributed by atoms with Crippen LogP contribution in [0.4, 0.5) is 0 Å². The summed E-state index contributed by atoms with van der Waals surface area (Å²) < 4.78 is 5.92. The lowest BCUT2D eigenvalue weighted by molar-refractivity contribution is -0.158. The van der Waals surface area contributed by atoms with Crippen LogP contribution in [0.1, 0.15) is 85.0 Å². The number of carbonyl (C=O) groups is 1. The van der Waals surface area contributed by atoms with Crippen molar-refractivity contribution in [3.63, 3.8) is 0 Å². The molecule has 8 atom stereocenters. The van der Waals surface area contributed by atoms with Crippen LogP contribution in [-0.4, -0.2) is 22.8 Å². The topological polar surface area (TPSA) is 46.5 Å². The minimum absolute atomic E-state index is 0.0109. The van der Waals surface area contributed by atoms with Gasteiger partial charge in [-0.2, -0.15) is 0 Å². The van der Waals surface area contributed by atoms with Gasteiger partial charge in [0.2, 0.25) is 0 Å².